The fraction of sp³-hybridized carbons (Fsp3) is 0.571. The molecule has 1 N–H and O–H groups in total. The molecule has 1 aromatic rings. The van der Waals surface area contributed by atoms with E-state index in [0.717, 1.165) is 37.4 Å². The molecular formula is C14H22FNO. The third-order valence-electron chi connectivity index (χ3n) is 2.49. The van der Waals surface area contributed by atoms with Crippen molar-refractivity contribution < 1.29 is 9.13 Å². The molecule has 17 heavy (non-hydrogen) atoms. The van der Waals surface area contributed by atoms with Gasteiger partial charge in [-0.05, 0) is 36.1 Å². The predicted molar refractivity (Wildman–Crippen MR) is 68.5 cm³/mol. The summed E-state index contributed by atoms with van der Waals surface area (Å²) < 4.78 is 18.3. The molecule has 1 rings (SSSR count). The summed E-state index contributed by atoms with van der Waals surface area (Å²) in [6, 6.07) is 4.89. The standard InChI is InChI=1S/C14H22FNO/c1-11(2)10-17-7-6-16-9-13-4-5-14(15)8-12(13)3/h4-5,8,11,16H,6-7,9-10H2,1-3H3. The van der Waals surface area contributed by atoms with E-state index < -0.39 is 0 Å². The van der Waals surface area contributed by atoms with Crippen LogP contribution in [0.1, 0.15) is 25.0 Å². The molecule has 1 aromatic carbocycles. The van der Waals surface area contributed by atoms with E-state index in [0.29, 0.717) is 5.92 Å². The van der Waals surface area contributed by atoms with Gasteiger partial charge in [0.1, 0.15) is 5.82 Å². The van der Waals surface area contributed by atoms with E-state index in [1.165, 1.54) is 6.07 Å². The Balaban J connectivity index is 2.18. The van der Waals surface area contributed by atoms with Gasteiger partial charge in [0, 0.05) is 19.7 Å². The summed E-state index contributed by atoms with van der Waals surface area (Å²) in [5.41, 5.74) is 2.12. The molecule has 0 spiro atoms. The Kier molecular flexibility index (Phi) is 6.16. The summed E-state index contributed by atoms with van der Waals surface area (Å²) in [6.07, 6.45) is 0. The maximum atomic E-state index is 12.9. The molecule has 0 aliphatic heterocycles. The molecule has 0 aliphatic rings. The summed E-state index contributed by atoms with van der Waals surface area (Å²) in [4.78, 5) is 0. The average Bonchev–Trinajstić information content (AvgIpc) is 2.25. The molecule has 0 aromatic heterocycles. The van der Waals surface area contributed by atoms with Crippen LogP contribution in [0.25, 0.3) is 0 Å². The van der Waals surface area contributed by atoms with Crippen LogP contribution in [0.2, 0.25) is 0 Å². The van der Waals surface area contributed by atoms with Crippen molar-refractivity contribution >= 4 is 0 Å². The van der Waals surface area contributed by atoms with Gasteiger partial charge in [-0.25, -0.2) is 4.39 Å². The topological polar surface area (TPSA) is 21.3 Å². The van der Waals surface area contributed by atoms with Gasteiger partial charge >= 0.3 is 0 Å². The van der Waals surface area contributed by atoms with E-state index in [1.807, 2.05) is 13.0 Å². The second-order valence-corrected chi connectivity index (χ2v) is 4.72. The molecule has 0 aliphatic carbocycles. The minimum absolute atomic E-state index is 0.175. The van der Waals surface area contributed by atoms with Crippen LogP contribution in [0.3, 0.4) is 0 Å². The van der Waals surface area contributed by atoms with Gasteiger partial charge in [0.25, 0.3) is 0 Å². The van der Waals surface area contributed by atoms with Crippen LogP contribution in [0.4, 0.5) is 4.39 Å². The van der Waals surface area contributed by atoms with E-state index in [1.54, 1.807) is 6.07 Å². The molecule has 0 radical (unpaired) electrons. The maximum Gasteiger partial charge on any atom is 0.123 e. The second-order valence-electron chi connectivity index (χ2n) is 4.72. The highest BCUT2D eigenvalue weighted by atomic mass is 19.1. The molecular weight excluding hydrogens is 217 g/mol. The van der Waals surface area contributed by atoms with Gasteiger partial charge in [-0.2, -0.15) is 0 Å². The van der Waals surface area contributed by atoms with Gasteiger partial charge in [0.15, 0.2) is 0 Å². The molecule has 0 bridgehead atoms. The second kappa shape index (κ2) is 7.41. The number of hydrogen-bond donors (Lipinski definition) is 1. The quantitative estimate of drug-likeness (QED) is 0.739. The number of rotatable bonds is 7. The van der Waals surface area contributed by atoms with Crippen molar-refractivity contribution in [2.24, 2.45) is 5.92 Å². The highest BCUT2D eigenvalue weighted by molar-refractivity contribution is 5.26. The molecule has 0 saturated carbocycles. The third-order valence-corrected chi connectivity index (χ3v) is 2.49. The van der Waals surface area contributed by atoms with Crippen LogP contribution >= 0.6 is 0 Å². The molecule has 3 heteroatoms. The van der Waals surface area contributed by atoms with Gasteiger partial charge < -0.3 is 10.1 Å². The van der Waals surface area contributed by atoms with E-state index in [9.17, 15) is 4.39 Å². The van der Waals surface area contributed by atoms with Gasteiger partial charge in [-0.1, -0.05) is 19.9 Å². The summed E-state index contributed by atoms with van der Waals surface area (Å²) in [7, 11) is 0. The van der Waals surface area contributed by atoms with Crippen LogP contribution in [0.15, 0.2) is 18.2 Å². The van der Waals surface area contributed by atoms with Gasteiger partial charge in [-0.3, -0.25) is 0 Å². The van der Waals surface area contributed by atoms with Crippen LogP contribution in [0.5, 0.6) is 0 Å². The fourth-order valence-corrected chi connectivity index (χ4v) is 1.54. The highest BCUT2D eigenvalue weighted by Crippen LogP contribution is 2.09. The summed E-state index contributed by atoms with van der Waals surface area (Å²) in [6.45, 7) is 9.30. The smallest absolute Gasteiger partial charge is 0.123 e. The predicted octanol–water partition coefficient (Wildman–Crippen LogP) is 2.90. The largest absolute Gasteiger partial charge is 0.380 e. The summed E-state index contributed by atoms with van der Waals surface area (Å²) in [5.74, 6) is 0.404. The molecule has 0 unspecified atom stereocenters. The van der Waals surface area contributed by atoms with Crippen molar-refractivity contribution in [1.82, 2.24) is 5.32 Å². The monoisotopic (exact) mass is 239 g/mol. The van der Waals surface area contributed by atoms with Crippen LogP contribution in [0, 0.1) is 18.7 Å². The number of ether oxygens (including phenoxy) is 1. The van der Waals surface area contributed by atoms with Crippen molar-refractivity contribution in [1.29, 1.82) is 0 Å². The lowest BCUT2D eigenvalue weighted by molar-refractivity contribution is 0.111. The molecule has 2 nitrogen and oxygen atoms in total. The molecule has 96 valence electrons. The molecule has 0 saturated heterocycles. The Morgan fingerprint density at radius 3 is 2.76 bits per heavy atom. The molecule has 0 heterocycles. The minimum atomic E-state index is -0.175. The van der Waals surface area contributed by atoms with Gasteiger partial charge in [0.05, 0.1) is 6.61 Å². The first-order chi connectivity index (χ1) is 8.09. The Bertz CT molecular complexity index is 339. The zero-order valence-electron chi connectivity index (χ0n) is 10.9. The number of nitrogens with one attached hydrogen (secondary N) is 1. The van der Waals surface area contributed by atoms with E-state index in [-0.39, 0.29) is 5.82 Å². The lowest BCUT2D eigenvalue weighted by Gasteiger charge is -2.09. The van der Waals surface area contributed by atoms with Crippen molar-refractivity contribution in [3.63, 3.8) is 0 Å². The SMILES string of the molecule is Cc1cc(F)ccc1CNCCOCC(C)C. The highest BCUT2D eigenvalue weighted by Gasteiger charge is 1.99. The Morgan fingerprint density at radius 2 is 2.12 bits per heavy atom. The van der Waals surface area contributed by atoms with Gasteiger partial charge in [0.2, 0.25) is 0 Å². The number of hydrogen-bond acceptors (Lipinski definition) is 2. The van der Waals surface area contributed by atoms with Crippen LogP contribution < -0.4 is 5.32 Å². The Labute approximate surface area is 103 Å². The first-order valence-corrected chi connectivity index (χ1v) is 6.13. The Hall–Kier alpha value is -0.930. The lowest BCUT2D eigenvalue weighted by Crippen LogP contribution is -2.20. The van der Waals surface area contributed by atoms with E-state index >= 15 is 0 Å². The van der Waals surface area contributed by atoms with Crippen LogP contribution in [-0.2, 0) is 11.3 Å². The van der Waals surface area contributed by atoms with Crippen molar-refractivity contribution in [2.45, 2.75) is 27.3 Å². The number of aryl methyl sites for hydroxylation is 1. The number of halogens is 1. The lowest BCUT2D eigenvalue weighted by atomic mass is 10.1. The zero-order chi connectivity index (χ0) is 12.7. The minimum Gasteiger partial charge on any atom is -0.380 e. The summed E-state index contributed by atoms with van der Waals surface area (Å²) >= 11 is 0. The maximum absolute atomic E-state index is 12.9. The fourth-order valence-electron chi connectivity index (χ4n) is 1.54. The van der Waals surface area contributed by atoms with E-state index in [4.69, 9.17) is 4.74 Å². The van der Waals surface area contributed by atoms with E-state index in [2.05, 4.69) is 19.2 Å². The van der Waals surface area contributed by atoms with Crippen molar-refractivity contribution in [2.75, 3.05) is 19.8 Å². The normalized spacial score (nSPS) is 11.1. The molecule has 0 amide bonds. The third kappa shape index (κ3) is 5.80. The first-order valence-electron chi connectivity index (χ1n) is 6.13. The van der Waals surface area contributed by atoms with Crippen molar-refractivity contribution in [3.8, 4) is 0 Å². The molecule has 0 atom stereocenters. The average molecular weight is 239 g/mol. The Morgan fingerprint density at radius 1 is 1.35 bits per heavy atom. The van der Waals surface area contributed by atoms with Gasteiger partial charge in [-0.15, -0.1) is 0 Å². The number of benzene rings is 1. The van der Waals surface area contributed by atoms with Crippen molar-refractivity contribution in [3.05, 3.63) is 35.1 Å². The van der Waals surface area contributed by atoms with Crippen LogP contribution in [-0.4, -0.2) is 19.8 Å². The first kappa shape index (κ1) is 14.1. The zero-order valence-corrected chi connectivity index (χ0v) is 10.9. The summed E-state index contributed by atoms with van der Waals surface area (Å²) in [5, 5.41) is 3.29. The molecule has 0 fully saturated rings.